The summed E-state index contributed by atoms with van der Waals surface area (Å²) in [6.45, 7) is 8.28. The molecule has 0 spiro atoms. The van der Waals surface area contributed by atoms with Gasteiger partial charge in [0.05, 0.1) is 31.5 Å². The second kappa shape index (κ2) is 7.75. The van der Waals surface area contributed by atoms with Crippen molar-refractivity contribution in [2.45, 2.75) is 36.3 Å². The zero-order chi connectivity index (χ0) is 21.4. The minimum atomic E-state index is -3.61. The van der Waals surface area contributed by atoms with Crippen molar-refractivity contribution in [1.82, 2.24) is 0 Å². The molecule has 3 rings (SSSR count). The molecule has 1 aliphatic carbocycles. The van der Waals surface area contributed by atoms with Crippen molar-refractivity contribution in [2.75, 3.05) is 21.3 Å². The number of benzene rings is 2. The molecule has 0 aromatic heterocycles. The SMILES string of the molecule is C=C1C[C@H](S(=O)(=O)c2ccccc2)[C@@H](c2c(OC)cc(OC)cc2OC)C1(C)C. The van der Waals surface area contributed by atoms with Crippen molar-refractivity contribution in [1.29, 1.82) is 0 Å². The quantitative estimate of drug-likeness (QED) is 0.643. The lowest BCUT2D eigenvalue weighted by atomic mass is 9.75. The van der Waals surface area contributed by atoms with Crippen LogP contribution in [-0.4, -0.2) is 35.0 Å². The lowest BCUT2D eigenvalue weighted by Gasteiger charge is -2.33. The monoisotopic (exact) mass is 416 g/mol. The van der Waals surface area contributed by atoms with Gasteiger partial charge in [-0.25, -0.2) is 8.42 Å². The Bertz CT molecular complexity index is 984. The molecule has 1 fully saturated rings. The van der Waals surface area contributed by atoms with E-state index in [0.717, 1.165) is 11.1 Å². The van der Waals surface area contributed by atoms with Gasteiger partial charge in [0.15, 0.2) is 9.84 Å². The van der Waals surface area contributed by atoms with Crippen LogP contribution in [0.2, 0.25) is 0 Å². The molecule has 2 aromatic rings. The predicted molar refractivity (Wildman–Crippen MR) is 114 cm³/mol. The number of hydrogen-bond acceptors (Lipinski definition) is 5. The molecule has 1 aliphatic rings. The van der Waals surface area contributed by atoms with E-state index in [1.165, 1.54) is 0 Å². The molecule has 0 heterocycles. The van der Waals surface area contributed by atoms with Gasteiger partial charge >= 0.3 is 0 Å². The highest BCUT2D eigenvalue weighted by Crippen LogP contribution is 2.59. The third-order valence-corrected chi connectivity index (χ3v) is 8.21. The van der Waals surface area contributed by atoms with Crippen LogP contribution in [0.5, 0.6) is 17.2 Å². The predicted octanol–water partition coefficient (Wildman–Crippen LogP) is 4.62. The zero-order valence-electron chi connectivity index (χ0n) is 17.6. The molecule has 2 aromatic carbocycles. The normalized spacial score (nSPS) is 21.1. The molecule has 156 valence electrons. The Labute approximate surface area is 173 Å². The summed E-state index contributed by atoms with van der Waals surface area (Å²) in [5, 5.41) is -0.677. The Morgan fingerprint density at radius 2 is 1.52 bits per heavy atom. The van der Waals surface area contributed by atoms with Crippen LogP contribution in [0.4, 0.5) is 0 Å². The second-order valence-electron chi connectivity index (χ2n) is 7.85. The van der Waals surface area contributed by atoms with Crippen LogP contribution in [0.15, 0.2) is 59.5 Å². The van der Waals surface area contributed by atoms with Gasteiger partial charge in [0.25, 0.3) is 0 Å². The number of ether oxygens (including phenoxy) is 3. The Morgan fingerprint density at radius 1 is 0.966 bits per heavy atom. The fraction of sp³-hybridized carbons (Fsp3) is 0.391. The number of rotatable bonds is 6. The molecule has 29 heavy (non-hydrogen) atoms. The van der Waals surface area contributed by atoms with Crippen LogP contribution < -0.4 is 14.2 Å². The molecule has 0 bridgehead atoms. The maximum Gasteiger partial charge on any atom is 0.182 e. The maximum atomic E-state index is 13.6. The van der Waals surface area contributed by atoms with Gasteiger partial charge in [-0.05, 0) is 24.0 Å². The van der Waals surface area contributed by atoms with Gasteiger partial charge in [-0.1, -0.05) is 44.2 Å². The third kappa shape index (κ3) is 3.50. The van der Waals surface area contributed by atoms with Gasteiger partial charge in [0.1, 0.15) is 17.2 Å². The van der Waals surface area contributed by atoms with Gasteiger partial charge in [0, 0.05) is 23.6 Å². The Morgan fingerprint density at radius 3 is 2.00 bits per heavy atom. The number of allylic oxidation sites excluding steroid dienone is 1. The van der Waals surface area contributed by atoms with Crippen molar-refractivity contribution in [3.8, 4) is 17.2 Å². The molecule has 0 aliphatic heterocycles. The van der Waals surface area contributed by atoms with E-state index >= 15 is 0 Å². The number of sulfone groups is 1. The fourth-order valence-electron chi connectivity index (χ4n) is 4.27. The minimum absolute atomic E-state index is 0.312. The van der Waals surface area contributed by atoms with E-state index in [-0.39, 0.29) is 0 Å². The Hall–Kier alpha value is -2.47. The molecule has 6 heteroatoms. The lowest BCUT2D eigenvalue weighted by molar-refractivity contribution is 0.334. The number of hydrogen-bond donors (Lipinski definition) is 0. The van der Waals surface area contributed by atoms with Crippen LogP contribution in [0.1, 0.15) is 31.7 Å². The molecule has 0 radical (unpaired) electrons. The second-order valence-corrected chi connectivity index (χ2v) is 10.0. The van der Waals surface area contributed by atoms with Crippen molar-refractivity contribution < 1.29 is 22.6 Å². The Balaban J connectivity index is 2.26. The molecule has 1 saturated carbocycles. The first-order chi connectivity index (χ1) is 13.7. The first kappa shape index (κ1) is 21.2. The van der Waals surface area contributed by atoms with Crippen molar-refractivity contribution in [3.63, 3.8) is 0 Å². The first-order valence-electron chi connectivity index (χ1n) is 9.45. The third-order valence-electron chi connectivity index (χ3n) is 6.04. The van der Waals surface area contributed by atoms with Gasteiger partial charge in [0.2, 0.25) is 0 Å². The van der Waals surface area contributed by atoms with E-state index in [1.807, 2.05) is 19.9 Å². The standard InChI is InChI=1S/C23H28O5S/c1-15-12-20(29(24,25)17-10-8-7-9-11-17)22(23(15,2)3)21-18(27-5)13-16(26-4)14-19(21)28-6/h7-11,13-14,20,22H,1,12H2,2-6H3/t20-,22-/m0/s1. The average molecular weight is 417 g/mol. The topological polar surface area (TPSA) is 61.8 Å². The van der Waals surface area contributed by atoms with E-state index in [9.17, 15) is 8.42 Å². The molecule has 0 amide bonds. The van der Waals surface area contributed by atoms with Crippen molar-refractivity contribution in [2.24, 2.45) is 5.41 Å². The van der Waals surface area contributed by atoms with Gasteiger partial charge in [-0.2, -0.15) is 0 Å². The molecule has 0 unspecified atom stereocenters. The summed E-state index contributed by atoms with van der Waals surface area (Å²) in [5.74, 6) is 1.28. The van der Waals surface area contributed by atoms with Crippen LogP contribution in [0.25, 0.3) is 0 Å². The molecule has 0 saturated heterocycles. The molecular weight excluding hydrogens is 388 g/mol. The zero-order valence-corrected chi connectivity index (χ0v) is 18.4. The van der Waals surface area contributed by atoms with Gasteiger partial charge in [-0.3, -0.25) is 0 Å². The van der Waals surface area contributed by atoms with E-state index in [1.54, 1.807) is 57.7 Å². The highest BCUT2D eigenvalue weighted by atomic mass is 32.2. The van der Waals surface area contributed by atoms with Crippen LogP contribution >= 0.6 is 0 Å². The smallest absolute Gasteiger partial charge is 0.182 e. The number of methoxy groups -OCH3 is 3. The van der Waals surface area contributed by atoms with Crippen molar-refractivity contribution in [3.05, 3.63) is 60.2 Å². The molecule has 0 N–H and O–H groups in total. The maximum absolute atomic E-state index is 13.6. The molecular formula is C23H28O5S. The highest BCUT2D eigenvalue weighted by molar-refractivity contribution is 7.92. The van der Waals surface area contributed by atoms with E-state index in [0.29, 0.717) is 28.6 Å². The largest absolute Gasteiger partial charge is 0.496 e. The summed E-state index contributed by atoms with van der Waals surface area (Å²) in [5.41, 5.74) is 1.15. The molecule has 2 atom stereocenters. The van der Waals surface area contributed by atoms with Crippen molar-refractivity contribution >= 4 is 9.84 Å². The fourth-order valence-corrected chi connectivity index (χ4v) is 6.41. The molecule has 5 nitrogen and oxygen atoms in total. The van der Waals surface area contributed by atoms with Crippen LogP contribution in [0.3, 0.4) is 0 Å². The van der Waals surface area contributed by atoms with E-state index < -0.39 is 26.4 Å². The first-order valence-corrected chi connectivity index (χ1v) is 11.0. The van der Waals surface area contributed by atoms with Gasteiger partial charge in [-0.15, -0.1) is 0 Å². The Kier molecular flexibility index (Phi) is 5.68. The average Bonchev–Trinajstić information content (AvgIpc) is 2.96. The summed E-state index contributed by atoms with van der Waals surface area (Å²) in [6, 6.07) is 12.1. The summed E-state index contributed by atoms with van der Waals surface area (Å²) < 4.78 is 43.9. The minimum Gasteiger partial charge on any atom is -0.496 e. The van der Waals surface area contributed by atoms with Crippen LogP contribution in [0, 0.1) is 5.41 Å². The lowest BCUT2D eigenvalue weighted by Crippen LogP contribution is -2.30. The van der Waals surface area contributed by atoms with Gasteiger partial charge < -0.3 is 14.2 Å². The van der Waals surface area contributed by atoms with E-state index in [2.05, 4.69) is 6.58 Å². The highest BCUT2D eigenvalue weighted by Gasteiger charge is 2.53. The van der Waals surface area contributed by atoms with E-state index in [4.69, 9.17) is 14.2 Å². The summed E-state index contributed by atoms with van der Waals surface area (Å²) >= 11 is 0. The summed E-state index contributed by atoms with van der Waals surface area (Å²) in [4.78, 5) is 0.312. The summed E-state index contributed by atoms with van der Waals surface area (Å²) in [7, 11) is 1.09. The summed E-state index contributed by atoms with van der Waals surface area (Å²) in [6.07, 6.45) is 0.382. The van der Waals surface area contributed by atoms with Crippen LogP contribution in [-0.2, 0) is 9.84 Å².